The predicted octanol–water partition coefficient (Wildman–Crippen LogP) is 4.91. The minimum Gasteiger partial charge on any atom is -0.477 e. The topological polar surface area (TPSA) is 125 Å². The molecule has 0 aliphatic heterocycles. The van der Waals surface area contributed by atoms with E-state index in [-0.39, 0.29) is 18.9 Å². The Morgan fingerprint density at radius 3 is 2.59 bits per heavy atom. The Kier molecular flexibility index (Phi) is 11.0. The fourth-order valence-electron chi connectivity index (χ4n) is 4.18. The molecule has 1 atom stereocenters. The number of primary amides is 1. The molecule has 0 aliphatic carbocycles. The van der Waals surface area contributed by atoms with E-state index in [1.807, 2.05) is 24.5 Å². The van der Waals surface area contributed by atoms with Gasteiger partial charge < -0.3 is 15.8 Å². The molecule has 0 fully saturated rings. The van der Waals surface area contributed by atoms with Gasteiger partial charge in [-0.3, -0.25) is 19.6 Å². The number of aromatic nitrogens is 4. The molecule has 3 N–H and O–H groups in total. The molecule has 2 amide bonds. The van der Waals surface area contributed by atoms with Gasteiger partial charge in [-0.15, -0.1) is 0 Å². The van der Waals surface area contributed by atoms with Gasteiger partial charge in [-0.05, 0) is 72.9 Å². The summed E-state index contributed by atoms with van der Waals surface area (Å²) in [5.41, 5.74) is 9.62. The largest absolute Gasteiger partial charge is 0.477 e. The van der Waals surface area contributed by atoms with E-state index in [1.165, 1.54) is 0 Å². The number of carbonyl (C=O) groups excluding carboxylic acids is 2. The number of benzene rings is 1. The number of ether oxygens (including phenoxy) is 1. The highest BCUT2D eigenvalue weighted by Crippen LogP contribution is 2.35. The van der Waals surface area contributed by atoms with Crippen molar-refractivity contribution in [1.82, 2.24) is 25.1 Å². The van der Waals surface area contributed by atoms with E-state index in [9.17, 15) is 9.59 Å². The standard InChI is InChI=1S/C29H30Cl2N6O3S/c1-41-15-10-22-27(20-4-2-11-34-18-20)36-37(21-6-7-23(30)24(31)17-21)29(22)40-14-3-5-26(38)35-25(28(32)39)16-19-8-12-33-13-9-19/h2,4,6-9,11-13,17-18,25H,3,5,10,14-16H2,1H3,(H2,32,39)(H,35,38)/t25-/m0/s1. The summed E-state index contributed by atoms with van der Waals surface area (Å²) in [5.74, 6) is 0.524. The summed E-state index contributed by atoms with van der Waals surface area (Å²) in [6, 6.07) is 11.8. The highest BCUT2D eigenvalue weighted by atomic mass is 35.5. The van der Waals surface area contributed by atoms with E-state index in [4.69, 9.17) is 38.8 Å². The summed E-state index contributed by atoms with van der Waals surface area (Å²) in [5, 5.41) is 8.46. The van der Waals surface area contributed by atoms with Crippen LogP contribution >= 0.6 is 35.0 Å². The maximum absolute atomic E-state index is 12.7. The number of hydrogen-bond donors (Lipinski definition) is 2. The molecule has 1 aromatic carbocycles. The maximum atomic E-state index is 12.7. The van der Waals surface area contributed by atoms with Crippen LogP contribution in [0.1, 0.15) is 24.0 Å². The third-order valence-electron chi connectivity index (χ3n) is 6.23. The van der Waals surface area contributed by atoms with Crippen LogP contribution in [0.15, 0.2) is 67.3 Å². The molecule has 0 saturated heterocycles. The fraction of sp³-hybridized carbons (Fsp3) is 0.276. The Balaban J connectivity index is 1.51. The van der Waals surface area contributed by atoms with Crippen molar-refractivity contribution in [2.45, 2.75) is 31.7 Å². The Bertz CT molecular complexity index is 1470. The lowest BCUT2D eigenvalue weighted by Crippen LogP contribution is -2.45. The molecule has 4 aromatic rings. The van der Waals surface area contributed by atoms with Crippen molar-refractivity contribution in [1.29, 1.82) is 0 Å². The molecule has 0 spiro atoms. The Labute approximate surface area is 252 Å². The normalized spacial score (nSPS) is 11.7. The molecule has 41 heavy (non-hydrogen) atoms. The molecule has 4 rings (SSSR count). The number of nitrogens with one attached hydrogen (secondary N) is 1. The second-order valence-corrected chi connectivity index (χ2v) is 11.0. The zero-order chi connectivity index (χ0) is 29.2. The SMILES string of the molecule is CSCCc1c(-c2cccnc2)nn(-c2ccc(Cl)c(Cl)c2)c1OCCCC(=O)N[C@@H](Cc1ccncc1)C(N)=O. The summed E-state index contributed by atoms with van der Waals surface area (Å²) in [6.07, 6.45) is 10.3. The molecule has 9 nitrogen and oxygen atoms in total. The molecular formula is C29H30Cl2N6O3S. The molecule has 0 saturated carbocycles. The van der Waals surface area contributed by atoms with Gasteiger partial charge in [0, 0.05) is 48.8 Å². The first kappa shape index (κ1) is 30.4. The van der Waals surface area contributed by atoms with Crippen molar-refractivity contribution >= 4 is 46.8 Å². The number of amides is 2. The summed E-state index contributed by atoms with van der Waals surface area (Å²) < 4.78 is 8.01. The summed E-state index contributed by atoms with van der Waals surface area (Å²) in [4.78, 5) is 32.9. The highest BCUT2D eigenvalue weighted by molar-refractivity contribution is 7.98. The van der Waals surface area contributed by atoms with E-state index >= 15 is 0 Å². The number of nitrogens with zero attached hydrogens (tertiary/aromatic N) is 4. The van der Waals surface area contributed by atoms with Gasteiger partial charge in [0.2, 0.25) is 17.7 Å². The molecule has 214 valence electrons. The average molecular weight is 614 g/mol. The molecule has 3 aromatic heterocycles. The Morgan fingerprint density at radius 2 is 1.90 bits per heavy atom. The number of nitrogens with two attached hydrogens (primary N) is 1. The lowest BCUT2D eigenvalue weighted by molar-refractivity contribution is -0.127. The van der Waals surface area contributed by atoms with Crippen molar-refractivity contribution < 1.29 is 14.3 Å². The van der Waals surface area contributed by atoms with Crippen molar-refractivity contribution in [2.75, 3.05) is 18.6 Å². The van der Waals surface area contributed by atoms with Gasteiger partial charge >= 0.3 is 0 Å². The lowest BCUT2D eigenvalue weighted by Gasteiger charge is -2.16. The quantitative estimate of drug-likeness (QED) is 0.194. The van der Waals surface area contributed by atoms with Gasteiger partial charge in [0.25, 0.3) is 0 Å². The van der Waals surface area contributed by atoms with Gasteiger partial charge in [0.15, 0.2) is 0 Å². The zero-order valence-electron chi connectivity index (χ0n) is 22.4. The van der Waals surface area contributed by atoms with Crippen molar-refractivity contribution in [3.63, 3.8) is 0 Å². The second-order valence-electron chi connectivity index (χ2n) is 9.16. The van der Waals surface area contributed by atoms with Crippen LogP contribution in [0.25, 0.3) is 16.9 Å². The van der Waals surface area contributed by atoms with E-state index in [1.54, 1.807) is 65.5 Å². The number of carbonyl (C=O) groups is 2. The summed E-state index contributed by atoms with van der Waals surface area (Å²) in [6.45, 7) is 0.241. The zero-order valence-corrected chi connectivity index (χ0v) is 24.8. The molecule has 3 heterocycles. The molecule has 0 bridgehead atoms. The average Bonchev–Trinajstić information content (AvgIpc) is 3.34. The maximum Gasteiger partial charge on any atom is 0.240 e. The minimum absolute atomic E-state index is 0.149. The smallest absolute Gasteiger partial charge is 0.240 e. The van der Waals surface area contributed by atoms with Gasteiger partial charge in [-0.1, -0.05) is 23.2 Å². The van der Waals surface area contributed by atoms with Crippen molar-refractivity contribution in [3.05, 3.63) is 88.4 Å². The number of thioether (sulfide) groups is 1. The van der Waals surface area contributed by atoms with Crippen molar-refractivity contribution in [3.8, 4) is 22.8 Å². The van der Waals surface area contributed by atoms with Gasteiger partial charge in [-0.2, -0.15) is 16.9 Å². The first-order chi connectivity index (χ1) is 19.9. The number of halogens is 2. The Hall–Kier alpha value is -3.60. The third kappa shape index (κ3) is 8.22. The fourth-order valence-corrected chi connectivity index (χ4v) is 4.89. The molecule has 0 radical (unpaired) electrons. The van der Waals surface area contributed by atoms with Gasteiger partial charge in [0.05, 0.1) is 22.3 Å². The molecule has 0 aliphatic rings. The molecule has 12 heteroatoms. The van der Waals surface area contributed by atoms with Crippen LogP contribution in [0.4, 0.5) is 0 Å². The second kappa shape index (κ2) is 14.9. The van der Waals surface area contributed by atoms with Crippen LogP contribution in [-0.2, 0) is 22.4 Å². The summed E-state index contributed by atoms with van der Waals surface area (Å²) >= 11 is 14.2. The third-order valence-corrected chi connectivity index (χ3v) is 7.58. The first-order valence-electron chi connectivity index (χ1n) is 12.9. The van der Waals surface area contributed by atoms with Crippen LogP contribution < -0.4 is 15.8 Å². The predicted molar refractivity (Wildman–Crippen MR) is 163 cm³/mol. The number of hydrogen-bond acceptors (Lipinski definition) is 7. The monoisotopic (exact) mass is 612 g/mol. The molecular weight excluding hydrogens is 583 g/mol. The van der Waals surface area contributed by atoms with E-state index in [2.05, 4.69) is 15.3 Å². The van der Waals surface area contributed by atoms with Crippen LogP contribution in [0.5, 0.6) is 5.88 Å². The first-order valence-corrected chi connectivity index (χ1v) is 15.1. The molecule has 0 unspecified atom stereocenters. The van der Waals surface area contributed by atoms with Crippen LogP contribution in [-0.4, -0.2) is 56.2 Å². The minimum atomic E-state index is -0.818. The van der Waals surface area contributed by atoms with E-state index in [0.717, 1.165) is 28.1 Å². The van der Waals surface area contributed by atoms with Crippen LogP contribution in [0, 0.1) is 0 Å². The van der Waals surface area contributed by atoms with Crippen LogP contribution in [0.2, 0.25) is 10.0 Å². The number of rotatable bonds is 14. The van der Waals surface area contributed by atoms with Gasteiger partial charge in [0.1, 0.15) is 11.7 Å². The Morgan fingerprint density at radius 1 is 1.10 bits per heavy atom. The number of pyridine rings is 2. The highest BCUT2D eigenvalue weighted by Gasteiger charge is 2.23. The van der Waals surface area contributed by atoms with Crippen LogP contribution in [0.3, 0.4) is 0 Å². The lowest BCUT2D eigenvalue weighted by atomic mass is 10.1. The van der Waals surface area contributed by atoms with E-state index < -0.39 is 11.9 Å². The summed E-state index contributed by atoms with van der Waals surface area (Å²) in [7, 11) is 0. The van der Waals surface area contributed by atoms with Crippen molar-refractivity contribution in [2.24, 2.45) is 5.73 Å². The van der Waals surface area contributed by atoms with E-state index in [0.29, 0.717) is 40.9 Å². The van der Waals surface area contributed by atoms with Gasteiger partial charge in [-0.25, -0.2) is 4.68 Å².